The van der Waals surface area contributed by atoms with Gasteiger partial charge in [-0.2, -0.15) is 0 Å². The zero-order valence-electron chi connectivity index (χ0n) is 6.16. The molecule has 0 bridgehead atoms. The Morgan fingerprint density at radius 2 is 2.23 bits per heavy atom. The number of aromatic carboxylic acids is 1. The molecule has 1 aromatic rings. The Hall–Kier alpha value is -0.230. The van der Waals surface area contributed by atoms with Gasteiger partial charge < -0.3 is 9.66 Å². The lowest BCUT2D eigenvalue weighted by Gasteiger charge is -2.02. The largest absolute Gasteiger partial charge is 0.594 e. The van der Waals surface area contributed by atoms with Crippen molar-refractivity contribution in [3.63, 3.8) is 0 Å². The third-order valence-electron chi connectivity index (χ3n) is 1.35. The molecule has 0 radical (unpaired) electrons. The van der Waals surface area contributed by atoms with Gasteiger partial charge in [0.2, 0.25) is 0 Å². The number of halogens is 2. The first kappa shape index (κ1) is 10.8. The summed E-state index contributed by atoms with van der Waals surface area (Å²) in [6.07, 6.45) is 0. The normalized spacial score (nSPS) is 12.5. The first-order chi connectivity index (χ1) is 6.02. The van der Waals surface area contributed by atoms with E-state index in [2.05, 4.69) is 15.9 Å². The number of hydrogen-bond donors (Lipinski definition) is 1. The van der Waals surface area contributed by atoms with Crippen LogP contribution < -0.4 is 0 Å². The summed E-state index contributed by atoms with van der Waals surface area (Å²) >= 11 is 3.11. The predicted octanol–water partition coefficient (Wildman–Crippen LogP) is 2.41. The molecule has 0 saturated carbocycles. The first-order valence-electron chi connectivity index (χ1n) is 3.13. The van der Waals surface area contributed by atoms with E-state index in [1.807, 2.05) is 0 Å². The Morgan fingerprint density at radius 3 is 2.69 bits per heavy atom. The molecule has 1 N–H and O–H groups in total. The van der Waals surface area contributed by atoms with E-state index < -0.39 is 16.4 Å². The molecule has 1 aromatic carbocycles. The second kappa shape index (κ2) is 4.32. The lowest BCUT2D eigenvalue weighted by atomic mass is 10.2. The summed E-state index contributed by atoms with van der Waals surface area (Å²) in [5, 5.41) is 8.62. The van der Waals surface area contributed by atoms with Crippen molar-refractivity contribution >= 4 is 43.0 Å². The zero-order chi connectivity index (χ0) is 10.0. The number of rotatable bonds is 2. The van der Waals surface area contributed by atoms with E-state index in [0.717, 1.165) is 0 Å². The summed E-state index contributed by atoms with van der Waals surface area (Å²) < 4.78 is 11.4. The minimum atomic E-state index is -1.71. The molecule has 0 aliphatic heterocycles. The quantitative estimate of drug-likeness (QED) is 0.848. The fraction of sp³-hybridized carbons (Fsp3) is 0. The van der Waals surface area contributed by atoms with Gasteiger partial charge in [-0.25, -0.2) is 4.79 Å². The second-order valence-corrected chi connectivity index (χ2v) is 4.76. The SMILES string of the molecule is O=C(O)c1ccc(Br)c([S+]([O-])Cl)c1. The van der Waals surface area contributed by atoms with Crippen molar-refractivity contribution in [3.05, 3.63) is 28.2 Å². The highest BCUT2D eigenvalue weighted by Crippen LogP contribution is 2.26. The van der Waals surface area contributed by atoms with Crippen molar-refractivity contribution < 1.29 is 14.5 Å². The fourth-order valence-corrected chi connectivity index (χ4v) is 2.55. The van der Waals surface area contributed by atoms with Crippen LogP contribution in [0.5, 0.6) is 0 Å². The van der Waals surface area contributed by atoms with Crippen LogP contribution in [-0.4, -0.2) is 15.6 Å². The van der Waals surface area contributed by atoms with Gasteiger partial charge in [0, 0.05) is 6.07 Å². The Morgan fingerprint density at radius 1 is 1.62 bits per heavy atom. The molecule has 3 nitrogen and oxygen atoms in total. The van der Waals surface area contributed by atoms with Crippen LogP contribution in [0, 0.1) is 0 Å². The zero-order valence-corrected chi connectivity index (χ0v) is 9.32. The maximum atomic E-state index is 10.9. The van der Waals surface area contributed by atoms with Crippen LogP contribution in [0.15, 0.2) is 27.6 Å². The van der Waals surface area contributed by atoms with Gasteiger partial charge in [-0.1, -0.05) is 0 Å². The summed E-state index contributed by atoms with van der Waals surface area (Å²) in [6, 6.07) is 4.17. The van der Waals surface area contributed by atoms with Crippen molar-refractivity contribution in [3.8, 4) is 0 Å². The molecule has 0 spiro atoms. The minimum Gasteiger partial charge on any atom is -0.594 e. The molecule has 6 heteroatoms. The number of benzene rings is 1. The molecule has 0 fully saturated rings. The lowest BCUT2D eigenvalue weighted by molar-refractivity contribution is 0.0696. The van der Waals surface area contributed by atoms with E-state index >= 15 is 0 Å². The molecule has 1 atom stereocenters. The molecule has 0 aliphatic carbocycles. The first-order valence-corrected chi connectivity index (χ1v) is 5.90. The van der Waals surface area contributed by atoms with Crippen molar-refractivity contribution in [2.75, 3.05) is 0 Å². The summed E-state index contributed by atoms with van der Waals surface area (Å²) in [4.78, 5) is 10.8. The van der Waals surface area contributed by atoms with Crippen molar-refractivity contribution in [2.24, 2.45) is 0 Å². The molecule has 0 heterocycles. The van der Waals surface area contributed by atoms with Crippen molar-refractivity contribution in [2.45, 2.75) is 4.90 Å². The highest BCUT2D eigenvalue weighted by atomic mass is 79.9. The smallest absolute Gasteiger partial charge is 0.335 e. The molecule has 1 rings (SSSR count). The number of carboxylic acid groups (broad SMARTS) is 1. The Bertz CT molecular complexity index is 343. The van der Waals surface area contributed by atoms with E-state index in [9.17, 15) is 9.35 Å². The van der Waals surface area contributed by atoms with Crippen LogP contribution >= 0.6 is 26.6 Å². The molecule has 70 valence electrons. The van der Waals surface area contributed by atoms with Crippen molar-refractivity contribution in [1.82, 2.24) is 0 Å². The molecular weight excluding hydrogens is 279 g/mol. The Labute approximate surface area is 90.5 Å². The average molecular weight is 284 g/mol. The van der Waals surface area contributed by atoms with Crippen LogP contribution in [0.2, 0.25) is 0 Å². The number of carboxylic acids is 1. The molecule has 13 heavy (non-hydrogen) atoms. The fourth-order valence-electron chi connectivity index (χ4n) is 0.759. The molecule has 0 aromatic heterocycles. The third-order valence-corrected chi connectivity index (χ3v) is 3.49. The third kappa shape index (κ3) is 2.60. The predicted molar refractivity (Wildman–Crippen MR) is 53.4 cm³/mol. The van der Waals surface area contributed by atoms with Crippen LogP contribution in [0.1, 0.15) is 10.4 Å². The van der Waals surface area contributed by atoms with Gasteiger partial charge in [0.05, 0.1) is 10.0 Å². The molecular formula is C7H4BrClO3S. The summed E-state index contributed by atoms with van der Waals surface area (Å²) in [6.45, 7) is 0. The molecule has 0 amide bonds. The van der Waals surface area contributed by atoms with Crippen LogP contribution in [-0.2, 0) is 10.4 Å². The monoisotopic (exact) mass is 282 g/mol. The van der Waals surface area contributed by atoms with Gasteiger partial charge in [0.1, 0.15) is 10.4 Å². The van der Waals surface area contributed by atoms with Crippen molar-refractivity contribution in [1.29, 1.82) is 0 Å². The highest BCUT2D eigenvalue weighted by Gasteiger charge is 2.16. The van der Waals surface area contributed by atoms with Gasteiger partial charge >= 0.3 is 5.97 Å². The van der Waals surface area contributed by atoms with E-state index in [0.29, 0.717) is 4.47 Å². The summed E-state index contributed by atoms with van der Waals surface area (Å²) in [5.41, 5.74) is 0.0622. The van der Waals surface area contributed by atoms with Crippen LogP contribution in [0.4, 0.5) is 0 Å². The minimum absolute atomic E-state index is 0.0622. The van der Waals surface area contributed by atoms with Crippen LogP contribution in [0.3, 0.4) is 0 Å². The summed E-state index contributed by atoms with van der Waals surface area (Å²) in [5.74, 6) is -1.07. The van der Waals surface area contributed by atoms with Crippen LogP contribution in [0.25, 0.3) is 0 Å². The highest BCUT2D eigenvalue weighted by molar-refractivity contribution is 9.10. The Balaban J connectivity index is 3.19. The van der Waals surface area contributed by atoms with Gasteiger partial charge in [-0.05, 0) is 28.1 Å². The maximum Gasteiger partial charge on any atom is 0.335 e. The topological polar surface area (TPSA) is 60.4 Å². The van der Waals surface area contributed by atoms with E-state index in [1.165, 1.54) is 18.2 Å². The van der Waals surface area contributed by atoms with E-state index in [4.69, 9.17) is 15.8 Å². The molecule has 0 saturated heterocycles. The van der Waals surface area contributed by atoms with Gasteiger partial charge in [0.15, 0.2) is 15.6 Å². The Kier molecular flexibility index (Phi) is 3.61. The second-order valence-electron chi connectivity index (χ2n) is 2.17. The number of hydrogen-bond acceptors (Lipinski definition) is 2. The average Bonchev–Trinajstić information content (AvgIpc) is 2.04. The van der Waals surface area contributed by atoms with E-state index in [1.54, 1.807) is 0 Å². The van der Waals surface area contributed by atoms with E-state index in [-0.39, 0.29) is 10.5 Å². The number of carbonyl (C=O) groups is 1. The van der Waals surface area contributed by atoms with Gasteiger partial charge in [-0.3, -0.25) is 0 Å². The van der Waals surface area contributed by atoms with Gasteiger partial charge in [-0.15, -0.1) is 0 Å². The molecule has 1 unspecified atom stereocenters. The lowest BCUT2D eigenvalue weighted by Crippen LogP contribution is -2.00. The summed E-state index contributed by atoms with van der Waals surface area (Å²) in [7, 11) is 3.63. The maximum absolute atomic E-state index is 10.9. The standard InChI is InChI=1S/C7H4BrClO3S/c8-5-2-1-4(7(10)11)3-6(5)13(9)12/h1-3H,(H,10,11). The van der Waals surface area contributed by atoms with Gasteiger partial charge in [0.25, 0.3) is 0 Å². The molecule has 0 aliphatic rings.